The van der Waals surface area contributed by atoms with E-state index in [1.807, 2.05) is 45.9 Å². The van der Waals surface area contributed by atoms with Gasteiger partial charge in [-0.05, 0) is 86.6 Å². The van der Waals surface area contributed by atoms with E-state index in [-0.39, 0.29) is 0 Å². The standard InChI is InChI=1S/C29H36N6O4S/c1-18-19(2)21(4)27(22(5)20(18)3)40(36,37)34-12-8-11-33(13-14-34)28-24(16-30-29-31-17-32-35(28)29)23-9-10-25(38-6)26(15-23)39-7/h9-10,15-17H,8,11-14H2,1-7H3. The van der Waals surface area contributed by atoms with E-state index in [0.717, 1.165) is 44.8 Å². The summed E-state index contributed by atoms with van der Waals surface area (Å²) in [6.07, 6.45) is 3.92. The molecule has 1 aliphatic heterocycles. The summed E-state index contributed by atoms with van der Waals surface area (Å²) in [6.45, 7) is 11.8. The summed E-state index contributed by atoms with van der Waals surface area (Å²) in [4.78, 5) is 11.4. The summed E-state index contributed by atoms with van der Waals surface area (Å²) in [5, 5.41) is 4.47. The van der Waals surface area contributed by atoms with E-state index >= 15 is 0 Å². The fourth-order valence-corrected chi connectivity index (χ4v) is 7.64. The van der Waals surface area contributed by atoms with Crippen LogP contribution in [0.1, 0.15) is 34.2 Å². The van der Waals surface area contributed by atoms with Crippen LogP contribution >= 0.6 is 0 Å². The van der Waals surface area contributed by atoms with Crippen LogP contribution in [0.3, 0.4) is 0 Å². The summed E-state index contributed by atoms with van der Waals surface area (Å²) in [5.41, 5.74) is 6.58. The number of rotatable bonds is 6. The van der Waals surface area contributed by atoms with Gasteiger partial charge in [0.05, 0.1) is 19.1 Å². The Balaban J connectivity index is 1.53. The Labute approximate surface area is 235 Å². The van der Waals surface area contributed by atoms with Gasteiger partial charge in [0.2, 0.25) is 10.0 Å². The van der Waals surface area contributed by atoms with Crippen LogP contribution in [0.5, 0.6) is 11.5 Å². The van der Waals surface area contributed by atoms with Gasteiger partial charge in [-0.2, -0.15) is 18.9 Å². The highest BCUT2D eigenvalue weighted by Crippen LogP contribution is 2.37. The lowest BCUT2D eigenvalue weighted by atomic mass is 9.95. The number of nitrogens with zero attached hydrogens (tertiary/aromatic N) is 6. The summed E-state index contributed by atoms with van der Waals surface area (Å²) in [7, 11) is -0.490. The number of aromatic nitrogens is 4. The molecule has 0 unspecified atom stereocenters. The number of benzene rings is 2. The van der Waals surface area contributed by atoms with E-state index in [1.54, 1.807) is 29.2 Å². The Kier molecular flexibility index (Phi) is 7.45. The third kappa shape index (κ3) is 4.56. The van der Waals surface area contributed by atoms with Gasteiger partial charge in [0, 0.05) is 37.9 Å². The van der Waals surface area contributed by atoms with Crippen LogP contribution < -0.4 is 14.4 Å². The van der Waals surface area contributed by atoms with Gasteiger partial charge < -0.3 is 14.4 Å². The number of sulfonamides is 1. The Morgan fingerprint density at radius 2 is 1.48 bits per heavy atom. The summed E-state index contributed by atoms with van der Waals surface area (Å²) < 4.78 is 42.5. The highest BCUT2D eigenvalue weighted by Gasteiger charge is 2.32. The molecule has 10 nitrogen and oxygen atoms in total. The lowest BCUT2D eigenvalue weighted by Crippen LogP contribution is -2.36. The van der Waals surface area contributed by atoms with Gasteiger partial charge >= 0.3 is 0 Å². The molecule has 0 aliphatic carbocycles. The van der Waals surface area contributed by atoms with E-state index < -0.39 is 10.0 Å². The van der Waals surface area contributed by atoms with Gasteiger partial charge in [-0.3, -0.25) is 0 Å². The third-order valence-electron chi connectivity index (χ3n) is 8.26. The van der Waals surface area contributed by atoms with Crippen LogP contribution in [0.15, 0.2) is 35.6 Å². The van der Waals surface area contributed by atoms with Gasteiger partial charge in [0.15, 0.2) is 11.5 Å². The smallest absolute Gasteiger partial charge is 0.254 e. The van der Waals surface area contributed by atoms with Crippen molar-refractivity contribution in [3.05, 3.63) is 58.5 Å². The molecule has 4 aromatic rings. The van der Waals surface area contributed by atoms with Crippen LogP contribution in [0.2, 0.25) is 0 Å². The zero-order chi connectivity index (χ0) is 28.8. The predicted octanol–water partition coefficient (Wildman–Crippen LogP) is 4.25. The molecule has 1 fully saturated rings. The second kappa shape index (κ2) is 10.7. The molecule has 1 saturated heterocycles. The van der Waals surface area contributed by atoms with E-state index in [0.29, 0.717) is 54.8 Å². The van der Waals surface area contributed by atoms with Crippen molar-refractivity contribution < 1.29 is 17.9 Å². The van der Waals surface area contributed by atoms with Crippen molar-refractivity contribution in [1.82, 2.24) is 23.9 Å². The first-order valence-corrected chi connectivity index (χ1v) is 14.8. The molecule has 212 valence electrons. The van der Waals surface area contributed by atoms with E-state index in [2.05, 4.69) is 26.9 Å². The molecular weight excluding hydrogens is 528 g/mol. The molecule has 0 saturated carbocycles. The highest BCUT2D eigenvalue weighted by atomic mass is 32.2. The maximum absolute atomic E-state index is 14.1. The van der Waals surface area contributed by atoms with Crippen LogP contribution in [0.25, 0.3) is 16.9 Å². The lowest BCUT2D eigenvalue weighted by molar-refractivity contribution is 0.355. The first-order valence-electron chi connectivity index (χ1n) is 13.3. The highest BCUT2D eigenvalue weighted by molar-refractivity contribution is 7.89. The molecule has 40 heavy (non-hydrogen) atoms. The third-order valence-corrected chi connectivity index (χ3v) is 10.4. The predicted molar refractivity (Wildman–Crippen MR) is 155 cm³/mol. The Bertz CT molecular complexity index is 1670. The molecule has 1 aliphatic rings. The van der Waals surface area contributed by atoms with Crippen LogP contribution in [0.4, 0.5) is 5.82 Å². The molecule has 0 radical (unpaired) electrons. The molecule has 2 aromatic heterocycles. The fraction of sp³-hybridized carbons (Fsp3) is 0.414. The first kappa shape index (κ1) is 27.9. The van der Waals surface area contributed by atoms with Crippen molar-refractivity contribution in [3.8, 4) is 22.6 Å². The summed E-state index contributed by atoms with van der Waals surface area (Å²) >= 11 is 0. The molecule has 0 bridgehead atoms. The second-order valence-corrected chi connectivity index (χ2v) is 12.1. The SMILES string of the molecule is COc1ccc(-c2cnc3ncnn3c2N2CCCN(S(=O)(=O)c3c(C)c(C)c(C)c(C)c3C)CC2)cc1OC. The first-order chi connectivity index (χ1) is 19.1. The number of ether oxygens (including phenoxy) is 2. The number of hydrogen-bond donors (Lipinski definition) is 0. The van der Waals surface area contributed by atoms with Crippen molar-refractivity contribution >= 4 is 21.6 Å². The van der Waals surface area contributed by atoms with Crippen molar-refractivity contribution in [1.29, 1.82) is 0 Å². The quantitative estimate of drug-likeness (QED) is 0.343. The minimum absolute atomic E-state index is 0.344. The lowest BCUT2D eigenvalue weighted by Gasteiger charge is -2.27. The molecule has 0 spiro atoms. The average Bonchev–Trinajstić information content (AvgIpc) is 3.29. The van der Waals surface area contributed by atoms with Gasteiger partial charge in [0.1, 0.15) is 12.1 Å². The molecule has 0 atom stereocenters. The van der Waals surface area contributed by atoms with Gasteiger partial charge in [0.25, 0.3) is 5.78 Å². The van der Waals surface area contributed by atoms with E-state index in [4.69, 9.17) is 9.47 Å². The van der Waals surface area contributed by atoms with E-state index in [1.165, 1.54) is 6.33 Å². The van der Waals surface area contributed by atoms with E-state index in [9.17, 15) is 8.42 Å². The minimum atomic E-state index is -3.70. The number of hydrogen-bond acceptors (Lipinski definition) is 8. The Hall–Kier alpha value is -3.70. The number of fused-ring (bicyclic) bond motifs is 1. The maximum atomic E-state index is 14.1. The summed E-state index contributed by atoms with van der Waals surface area (Å²) in [6, 6.07) is 5.72. The normalized spacial score (nSPS) is 14.9. The number of methoxy groups -OCH3 is 2. The van der Waals surface area contributed by atoms with Crippen molar-refractivity contribution in [2.45, 2.75) is 45.9 Å². The topological polar surface area (TPSA) is 102 Å². The Morgan fingerprint density at radius 1 is 0.800 bits per heavy atom. The summed E-state index contributed by atoms with van der Waals surface area (Å²) in [5.74, 6) is 2.52. The molecule has 5 rings (SSSR count). The molecule has 11 heteroatoms. The van der Waals surface area contributed by atoms with Crippen molar-refractivity contribution in [2.24, 2.45) is 0 Å². The number of anilines is 1. The van der Waals surface area contributed by atoms with Crippen LogP contribution in [-0.2, 0) is 10.0 Å². The fourth-order valence-electron chi connectivity index (χ4n) is 5.61. The average molecular weight is 565 g/mol. The monoisotopic (exact) mass is 564 g/mol. The van der Waals surface area contributed by atoms with Gasteiger partial charge in [-0.15, -0.1) is 0 Å². The zero-order valence-electron chi connectivity index (χ0n) is 24.1. The van der Waals surface area contributed by atoms with Crippen LogP contribution in [-0.4, -0.2) is 72.7 Å². The maximum Gasteiger partial charge on any atom is 0.254 e. The minimum Gasteiger partial charge on any atom is -0.493 e. The zero-order valence-corrected chi connectivity index (χ0v) is 25.0. The Morgan fingerprint density at radius 3 is 2.15 bits per heavy atom. The van der Waals surface area contributed by atoms with Crippen molar-refractivity contribution in [2.75, 3.05) is 45.3 Å². The second-order valence-electron chi connectivity index (χ2n) is 10.2. The van der Waals surface area contributed by atoms with Gasteiger partial charge in [-0.25, -0.2) is 13.4 Å². The molecule has 3 heterocycles. The molecule has 2 aromatic carbocycles. The molecule has 0 N–H and O–H groups in total. The molecule has 0 amide bonds. The van der Waals surface area contributed by atoms with Crippen molar-refractivity contribution in [3.63, 3.8) is 0 Å². The van der Waals surface area contributed by atoms with Crippen LogP contribution in [0, 0.1) is 34.6 Å². The van der Waals surface area contributed by atoms with Gasteiger partial charge in [-0.1, -0.05) is 6.07 Å². The largest absolute Gasteiger partial charge is 0.493 e. The molecular formula is C29H36N6O4S.